The third-order valence-electron chi connectivity index (χ3n) is 8.13. The Morgan fingerprint density at radius 2 is 1.59 bits per heavy atom. The van der Waals surface area contributed by atoms with Crippen molar-refractivity contribution in [2.45, 2.75) is 54.7 Å². The first-order chi connectivity index (χ1) is 21.7. The maximum absolute atomic E-state index is 13.9. The molecule has 25 heteroatoms. The zero-order valence-electron chi connectivity index (χ0n) is 23.1. The van der Waals surface area contributed by atoms with Crippen molar-refractivity contribution in [2.24, 2.45) is 0 Å². The van der Waals surface area contributed by atoms with Gasteiger partial charge < -0.3 is 35.7 Å². The molecule has 7 heterocycles. The van der Waals surface area contributed by atoms with Crippen LogP contribution in [-0.4, -0.2) is 105 Å². The van der Waals surface area contributed by atoms with Gasteiger partial charge in [-0.2, -0.15) is 9.97 Å². The third-order valence-corrected chi connectivity index (χ3v) is 10.9. The summed E-state index contributed by atoms with van der Waals surface area (Å²) in [5.74, 6) is -0.431. The number of aliphatic hydroxyl groups is 2. The van der Waals surface area contributed by atoms with Crippen molar-refractivity contribution in [1.82, 2.24) is 39.0 Å². The van der Waals surface area contributed by atoms with Gasteiger partial charge in [0, 0.05) is 6.66 Å². The van der Waals surface area contributed by atoms with Crippen LogP contribution in [0.2, 0.25) is 0 Å². The summed E-state index contributed by atoms with van der Waals surface area (Å²) in [4.78, 5) is 45.4. The SMILES string of the molecule is C[P@@]1(=O)OC2[C@@H](CO[P@@](=O)(S)OC3C(O)[C@H](n4cnc5c(=O)[nH]c(N)nc54)O[C@@H]3O1)O[C@H]1C(n3cnc4c(=O)[nH]c(N)nc43)C21O. The molecular weight excluding hydrogens is 678 g/mol. The number of thiol groups is 1. The lowest BCUT2D eigenvalue weighted by Gasteiger charge is -2.29. The van der Waals surface area contributed by atoms with Crippen LogP contribution in [0.1, 0.15) is 12.3 Å². The number of nitrogen functional groups attached to an aromatic ring is 2. The van der Waals surface area contributed by atoms with E-state index in [1.165, 1.54) is 10.9 Å². The second-order valence-electron chi connectivity index (χ2n) is 11.1. The summed E-state index contributed by atoms with van der Waals surface area (Å²) in [6.07, 6.45) is -7.71. The molecule has 0 amide bonds. The number of H-pyrrole nitrogens is 2. The molecule has 0 spiro atoms. The van der Waals surface area contributed by atoms with Crippen molar-refractivity contribution in [3.63, 3.8) is 0 Å². The monoisotopic (exact) mass is 702 g/mol. The summed E-state index contributed by atoms with van der Waals surface area (Å²) in [5, 5.41) is 23.1. The number of fused-ring (bicyclic) bond motifs is 6. The zero-order valence-corrected chi connectivity index (χ0v) is 25.8. The topological polar surface area (TPSA) is 309 Å². The molecule has 46 heavy (non-hydrogen) atoms. The lowest BCUT2D eigenvalue weighted by Crippen LogP contribution is -2.41. The predicted molar refractivity (Wildman–Crippen MR) is 155 cm³/mol. The molecule has 3 aliphatic heterocycles. The number of aliphatic hydroxyl groups excluding tert-OH is 1. The summed E-state index contributed by atoms with van der Waals surface area (Å²) in [6.45, 7) is -3.79. The molecule has 246 valence electrons. The third kappa shape index (κ3) is 4.50. The van der Waals surface area contributed by atoms with E-state index < -0.39 is 86.8 Å². The van der Waals surface area contributed by atoms with Crippen molar-refractivity contribution in [3.8, 4) is 0 Å². The van der Waals surface area contributed by atoms with Gasteiger partial charge in [-0.25, -0.2) is 14.5 Å². The van der Waals surface area contributed by atoms with Crippen LogP contribution in [0.25, 0.3) is 22.3 Å². The summed E-state index contributed by atoms with van der Waals surface area (Å²) in [5.41, 5.74) is 8.04. The van der Waals surface area contributed by atoms with Gasteiger partial charge in [-0.05, 0) is 0 Å². The number of rotatable bonds is 2. The van der Waals surface area contributed by atoms with Gasteiger partial charge in [0.25, 0.3) is 11.1 Å². The van der Waals surface area contributed by atoms with E-state index in [4.69, 9.17) is 39.0 Å². The Morgan fingerprint density at radius 3 is 2.24 bits per heavy atom. The number of hydrogen-bond donors (Lipinski definition) is 7. The molecule has 0 radical (unpaired) electrons. The van der Waals surface area contributed by atoms with Crippen LogP contribution in [0.3, 0.4) is 0 Å². The van der Waals surface area contributed by atoms with Crippen molar-refractivity contribution in [1.29, 1.82) is 0 Å². The number of nitrogens with two attached hydrogens (primary N) is 2. The summed E-state index contributed by atoms with van der Waals surface area (Å²) in [7, 11) is -4.28. The number of nitrogens with one attached hydrogen (secondary N) is 2. The molecule has 4 aliphatic rings. The van der Waals surface area contributed by atoms with Crippen molar-refractivity contribution < 1.29 is 46.9 Å². The van der Waals surface area contributed by atoms with Crippen LogP contribution in [0.15, 0.2) is 22.2 Å². The number of aromatic nitrogens is 8. The van der Waals surface area contributed by atoms with Gasteiger partial charge in [-0.1, -0.05) is 12.2 Å². The van der Waals surface area contributed by atoms with Crippen LogP contribution in [0.5, 0.6) is 0 Å². The lowest BCUT2D eigenvalue weighted by molar-refractivity contribution is -0.130. The molecule has 0 bridgehead atoms. The van der Waals surface area contributed by atoms with E-state index in [0.717, 1.165) is 17.6 Å². The molecule has 4 aromatic heterocycles. The van der Waals surface area contributed by atoms with Gasteiger partial charge in [0.2, 0.25) is 11.9 Å². The van der Waals surface area contributed by atoms with E-state index in [-0.39, 0.29) is 34.2 Å². The molecule has 4 fully saturated rings. The van der Waals surface area contributed by atoms with Gasteiger partial charge in [0.1, 0.15) is 36.1 Å². The van der Waals surface area contributed by atoms with Crippen LogP contribution in [-0.2, 0) is 36.7 Å². The Balaban J connectivity index is 1.12. The number of ether oxygens (including phenoxy) is 2. The number of aromatic amines is 2. The Kier molecular flexibility index (Phi) is 6.49. The first kappa shape index (κ1) is 30.1. The molecule has 8 rings (SSSR count). The molecule has 3 saturated heterocycles. The van der Waals surface area contributed by atoms with Crippen LogP contribution < -0.4 is 22.6 Å². The maximum atomic E-state index is 13.9. The fraction of sp³-hybridized carbons (Fsp3) is 0.524. The second-order valence-corrected chi connectivity index (χ2v) is 15.9. The number of nitrogens with zero attached hydrogens (tertiary/aromatic N) is 6. The minimum atomic E-state index is -4.35. The molecule has 5 unspecified atom stereocenters. The van der Waals surface area contributed by atoms with E-state index in [9.17, 15) is 28.9 Å². The summed E-state index contributed by atoms with van der Waals surface area (Å²) in [6, 6.07) is -0.934. The molecule has 11 atom stereocenters. The first-order valence-corrected chi connectivity index (χ1v) is 18.1. The quantitative estimate of drug-likeness (QED) is 0.0910. The van der Waals surface area contributed by atoms with E-state index in [1.807, 2.05) is 0 Å². The van der Waals surface area contributed by atoms with Gasteiger partial charge in [0.15, 0.2) is 34.8 Å². The summed E-state index contributed by atoms with van der Waals surface area (Å²) >= 11 is 4.02. The Bertz CT molecular complexity index is 2140. The highest BCUT2D eigenvalue weighted by Crippen LogP contribution is 2.66. The maximum Gasteiger partial charge on any atom is 0.386 e. The van der Waals surface area contributed by atoms with Crippen molar-refractivity contribution in [3.05, 3.63) is 33.4 Å². The Morgan fingerprint density at radius 1 is 0.978 bits per heavy atom. The predicted octanol–water partition coefficient (Wildman–Crippen LogP) is -1.64. The summed E-state index contributed by atoms with van der Waals surface area (Å²) < 4.78 is 64.2. The van der Waals surface area contributed by atoms with Gasteiger partial charge in [0.05, 0.1) is 25.3 Å². The molecule has 1 aliphatic carbocycles. The van der Waals surface area contributed by atoms with Crippen molar-refractivity contribution >= 4 is 60.9 Å². The molecule has 22 nitrogen and oxygen atoms in total. The first-order valence-electron chi connectivity index (χ1n) is 13.4. The normalized spacial score (nSPS) is 40.8. The largest absolute Gasteiger partial charge is 0.386 e. The molecule has 8 N–H and O–H groups in total. The Labute approximate surface area is 259 Å². The van der Waals surface area contributed by atoms with Crippen LogP contribution >= 0.6 is 26.6 Å². The Hall–Kier alpha value is -3.21. The highest BCUT2D eigenvalue weighted by atomic mass is 32.7. The lowest BCUT2D eigenvalue weighted by atomic mass is 10.1. The second kappa shape index (κ2) is 9.90. The van der Waals surface area contributed by atoms with E-state index >= 15 is 0 Å². The fourth-order valence-corrected chi connectivity index (χ4v) is 8.92. The molecule has 1 saturated carbocycles. The van der Waals surface area contributed by atoms with E-state index in [0.29, 0.717) is 0 Å². The highest BCUT2D eigenvalue weighted by Gasteiger charge is 2.79. The molecule has 0 aromatic carbocycles. The number of hydrogen-bond acceptors (Lipinski definition) is 18. The fourth-order valence-electron chi connectivity index (χ4n) is 6.16. The minimum Gasteiger partial charge on any atom is -0.385 e. The smallest absolute Gasteiger partial charge is 0.385 e. The average molecular weight is 702 g/mol. The standard InChI is InChI=1S/C21H24N10O12P2S/c1-44(36)42-11-5(39-12-10(21(11,12)35)30-3-24-6-13(30)26-19(22)28-15(6)33)2-38-45(37,46)41-9-8(32)17(40-18(9)43-44)31-4-25-7-14(31)27-20(23)29-16(7)34/h3-5,8-12,17-18,32,35H,2H2,1H3,(H,37,46)(H3,22,26,28,33)(H3,23,27,29,34)/t5-,8?,9?,10?,11?,12+,17-,18-,21?,44-,45-/m1/s1. The molecular formula is C21H24N10O12P2S. The minimum absolute atomic E-state index is 0.0469. The molecule has 4 aromatic rings. The van der Waals surface area contributed by atoms with Crippen LogP contribution in [0.4, 0.5) is 11.9 Å². The van der Waals surface area contributed by atoms with Crippen LogP contribution in [0, 0.1) is 0 Å². The van der Waals surface area contributed by atoms with Gasteiger partial charge in [-0.15, -0.1) is 0 Å². The number of imidazole rings is 2. The zero-order chi connectivity index (χ0) is 32.5. The van der Waals surface area contributed by atoms with Crippen molar-refractivity contribution in [2.75, 3.05) is 24.7 Å². The van der Waals surface area contributed by atoms with E-state index in [2.05, 4.69) is 42.2 Å². The average Bonchev–Trinajstić information content (AvgIpc) is 3.43. The number of anilines is 2. The van der Waals surface area contributed by atoms with Gasteiger partial charge >= 0.3 is 14.4 Å². The van der Waals surface area contributed by atoms with E-state index in [1.54, 1.807) is 0 Å². The van der Waals surface area contributed by atoms with Gasteiger partial charge in [-0.3, -0.25) is 46.8 Å². The highest BCUT2D eigenvalue weighted by molar-refractivity contribution is 8.44.